The molecule has 160 valence electrons. The maximum Gasteiger partial charge on any atom is 0.321 e. The Balaban J connectivity index is 1.37. The van der Waals surface area contributed by atoms with Gasteiger partial charge in [-0.3, -0.25) is 4.90 Å². The standard InChI is InChI=1S/C22H33FN4O2/c1-16-13-27(14-17(2)29-16)21-8-7-18(12-20(21)23)24-22(28)26-11-5-6-19(15-26)25-9-3-4-10-25/h7-8,12,16-17,19H,3-6,9-11,13-15H2,1-2H3,(H,24,28)/t16-,17-,19-/m1/s1. The molecule has 2 amide bonds. The van der Waals surface area contributed by atoms with Crippen molar-refractivity contribution in [2.45, 2.75) is 57.8 Å². The van der Waals surface area contributed by atoms with E-state index < -0.39 is 0 Å². The van der Waals surface area contributed by atoms with E-state index in [1.54, 1.807) is 12.1 Å². The summed E-state index contributed by atoms with van der Waals surface area (Å²) in [7, 11) is 0. The molecule has 29 heavy (non-hydrogen) atoms. The number of hydrogen-bond acceptors (Lipinski definition) is 4. The Hall–Kier alpha value is -1.86. The number of morpholine rings is 1. The van der Waals surface area contributed by atoms with Crippen molar-refractivity contribution in [1.82, 2.24) is 9.80 Å². The number of nitrogens with one attached hydrogen (secondary N) is 1. The number of anilines is 2. The molecule has 3 saturated heterocycles. The lowest BCUT2D eigenvalue weighted by molar-refractivity contribution is -0.00539. The molecule has 1 N–H and O–H groups in total. The maximum atomic E-state index is 14.8. The van der Waals surface area contributed by atoms with Crippen LogP contribution in [0.4, 0.5) is 20.6 Å². The quantitative estimate of drug-likeness (QED) is 0.837. The van der Waals surface area contributed by atoms with Gasteiger partial charge >= 0.3 is 6.03 Å². The molecule has 6 nitrogen and oxygen atoms in total. The first-order valence-corrected chi connectivity index (χ1v) is 11.0. The van der Waals surface area contributed by atoms with E-state index in [1.807, 2.05) is 23.6 Å². The summed E-state index contributed by atoms with van der Waals surface area (Å²) in [5, 5.41) is 2.90. The van der Waals surface area contributed by atoms with Crippen LogP contribution in [0.25, 0.3) is 0 Å². The van der Waals surface area contributed by atoms with Crippen LogP contribution in [0.3, 0.4) is 0 Å². The van der Waals surface area contributed by atoms with Crippen molar-refractivity contribution in [3.63, 3.8) is 0 Å². The summed E-state index contributed by atoms with van der Waals surface area (Å²) in [5.74, 6) is -0.308. The minimum absolute atomic E-state index is 0.0696. The summed E-state index contributed by atoms with van der Waals surface area (Å²) in [6.45, 7) is 9.15. The smallest absolute Gasteiger partial charge is 0.321 e. The zero-order valence-corrected chi connectivity index (χ0v) is 17.6. The number of likely N-dealkylation sites (tertiary alicyclic amines) is 2. The second kappa shape index (κ2) is 8.88. The Labute approximate surface area is 173 Å². The molecule has 0 saturated carbocycles. The molecule has 4 rings (SSSR count). The van der Waals surface area contributed by atoms with E-state index in [4.69, 9.17) is 4.74 Å². The predicted octanol–water partition coefficient (Wildman–Crippen LogP) is 3.53. The number of carbonyl (C=O) groups is 1. The normalized spacial score (nSPS) is 28.6. The van der Waals surface area contributed by atoms with E-state index in [0.29, 0.717) is 30.5 Å². The van der Waals surface area contributed by atoms with Crippen LogP contribution >= 0.6 is 0 Å². The zero-order valence-electron chi connectivity index (χ0n) is 17.6. The molecule has 3 heterocycles. The Bertz CT molecular complexity index is 715. The number of nitrogens with zero attached hydrogens (tertiary/aromatic N) is 3. The topological polar surface area (TPSA) is 48.1 Å². The maximum absolute atomic E-state index is 14.8. The second-order valence-corrected chi connectivity index (χ2v) is 8.74. The van der Waals surface area contributed by atoms with Crippen LogP contribution in [0.5, 0.6) is 0 Å². The Morgan fingerprint density at radius 3 is 2.48 bits per heavy atom. The van der Waals surface area contributed by atoms with Crippen molar-refractivity contribution in [3.8, 4) is 0 Å². The molecule has 3 fully saturated rings. The number of rotatable bonds is 3. The molecule has 0 bridgehead atoms. The second-order valence-electron chi connectivity index (χ2n) is 8.74. The molecule has 0 spiro atoms. The lowest BCUT2D eigenvalue weighted by Crippen LogP contribution is -2.50. The average molecular weight is 405 g/mol. The van der Waals surface area contributed by atoms with Gasteiger partial charge in [-0.25, -0.2) is 9.18 Å². The number of hydrogen-bond donors (Lipinski definition) is 1. The van der Waals surface area contributed by atoms with Gasteiger partial charge in [-0.1, -0.05) is 0 Å². The van der Waals surface area contributed by atoms with Gasteiger partial charge < -0.3 is 19.9 Å². The summed E-state index contributed by atoms with van der Waals surface area (Å²) in [6, 6.07) is 5.32. The van der Waals surface area contributed by atoms with Crippen molar-refractivity contribution in [2.75, 3.05) is 49.5 Å². The highest BCUT2D eigenvalue weighted by atomic mass is 19.1. The lowest BCUT2D eigenvalue weighted by Gasteiger charge is -2.37. The van der Waals surface area contributed by atoms with Gasteiger partial charge in [-0.05, 0) is 70.8 Å². The monoisotopic (exact) mass is 404 g/mol. The van der Waals surface area contributed by atoms with Gasteiger partial charge in [-0.2, -0.15) is 0 Å². The Morgan fingerprint density at radius 1 is 1.07 bits per heavy atom. The molecule has 3 aliphatic rings. The predicted molar refractivity (Wildman–Crippen MR) is 113 cm³/mol. The molecule has 1 aromatic rings. The van der Waals surface area contributed by atoms with Crippen LogP contribution in [-0.2, 0) is 4.74 Å². The molecule has 0 radical (unpaired) electrons. The first-order valence-electron chi connectivity index (χ1n) is 11.0. The van der Waals surface area contributed by atoms with E-state index >= 15 is 0 Å². The number of amides is 2. The number of carbonyl (C=O) groups excluding carboxylic acids is 1. The fraction of sp³-hybridized carbons (Fsp3) is 0.682. The van der Waals surface area contributed by atoms with Crippen molar-refractivity contribution in [3.05, 3.63) is 24.0 Å². The van der Waals surface area contributed by atoms with Gasteiger partial charge in [-0.15, -0.1) is 0 Å². The van der Waals surface area contributed by atoms with Crippen LogP contribution in [0.2, 0.25) is 0 Å². The Morgan fingerprint density at radius 2 is 1.79 bits per heavy atom. The largest absolute Gasteiger partial charge is 0.372 e. The number of halogens is 1. The van der Waals surface area contributed by atoms with Gasteiger partial charge in [0.25, 0.3) is 0 Å². The molecular weight excluding hydrogens is 371 g/mol. The van der Waals surface area contributed by atoms with Crippen LogP contribution < -0.4 is 10.2 Å². The number of benzene rings is 1. The molecule has 3 aliphatic heterocycles. The number of ether oxygens (including phenoxy) is 1. The third-order valence-corrected chi connectivity index (χ3v) is 6.30. The van der Waals surface area contributed by atoms with E-state index in [1.165, 1.54) is 18.9 Å². The number of piperidine rings is 1. The molecule has 0 aromatic heterocycles. The van der Waals surface area contributed by atoms with Gasteiger partial charge in [0, 0.05) is 37.9 Å². The zero-order chi connectivity index (χ0) is 20.4. The van der Waals surface area contributed by atoms with Crippen LogP contribution in [-0.4, -0.2) is 73.3 Å². The van der Waals surface area contributed by atoms with E-state index in [-0.39, 0.29) is 24.1 Å². The van der Waals surface area contributed by atoms with Crippen LogP contribution in [0, 0.1) is 5.82 Å². The number of urea groups is 1. The fourth-order valence-corrected chi connectivity index (χ4v) is 4.96. The molecule has 0 unspecified atom stereocenters. The third-order valence-electron chi connectivity index (χ3n) is 6.30. The summed E-state index contributed by atoms with van der Waals surface area (Å²) in [6.07, 6.45) is 4.84. The summed E-state index contributed by atoms with van der Waals surface area (Å²) < 4.78 is 20.5. The minimum atomic E-state index is -0.308. The van der Waals surface area contributed by atoms with Crippen molar-refractivity contribution in [1.29, 1.82) is 0 Å². The first kappa shape index (κ1) is 20.4. The van der Waals surface area contributed by atoms with Crippen LogP contribution in [0.1, 0.15) is 39.5 Å². The van der Waals surface area contributed by atoms with E-state index in [2.05, 4.69) is 10.2 Å². The summed E-state index contributed by atoms with van der Waals surface area (Å²) in [4.78, 5) is 19.2. The van der Waals surface area contributed by atoms with Gasteiger partial charge in [0.2, 0.25) is 0 Å². The highest BCUT2D eigenvalue weighted by Gasteiger charge is 2.29. The first-order chi connectivity index (χ1) is 14.0. The lowest BCUT2D eigenvalue weighted by atomic mass is 10.0. The van der Waals surface area contributed by atoms with Crippen molar-refractivity contribution in [2.24, 2.45) is 0 Å². The van der Waals surface area contributed by atoms with Crippen molar-refractivity contribution < 1.29 is 13.9 Å². The Kier molecular flexibility index (Phi) is 6.25. The highest BCUT2D eigenvalue weighted by molar-refractivity contribution is 5.89. The van der Waals surface area contributed by atoms with E-state index in [0.717, 1.165) is 39.0 Å². The molecule has 3 atom stereocenters. The summed E-state index contributed by atoms with van der Waals surface area (Å²) in [5.41, 5.74) is 1.07. The summed E-state index contributed by atoms with van der Waals surface area (Å²) >= 11 is 0. The molecular formula is C22H33FN4O2. The molecule has 0 aliphatic carbocycles. The highest BCUT2D eigenvalue weighted by Crippen LogP contribution is 2.27. The van der Waals surface area contributed by atoms with Gasteiger partial charge in [0.15, 0.2) is 0 Å². The fourth-order valence-electron chi connectivity index (χ4n) is 4.96. The van der Waals surface area contributed by atoms with Crippen LogP contribution in [0.15, 0.2) is 18.2 Å². The SMILES string of the molecule is C[C@@H]1CN(c2ccc(NC(=O)N3CCC[C@@H](N4CCCC4)C3)cc2F)C[C@@H](C)O1. The van der Waals surface area contributed by atoms with Crippen molar-refractivity contribution >= 4 is 17.4 Å². The molecule has 1 aromatic carbocycles. The molecule has 7 heteroatoms. The van der Waals surface area contributed by atoms with E-state index in [9.17, 15) is 9.18 Å². The van der Waals surface area contributed by atoms with Gasteiger partial charge in [0.1, 0.15) is 5.82 Å². The van der Waals surface area contributed by atoms with Gasteiger partial charge in [0.05, 0.1) is 17.9 Å². The third kappa shape index (κ3) is 4.83. The average Bonchev–Trinajstić information content (AvgIpc) is 3.22. The minimum Gasteiger partial charge on any atom is -0.372 e.